The molecule has 0 saturated carbocycles. The van der Waals surface area contributed by atoms with Gasteiger partial charge in [-0.3, -0.25) is 0 Å². The first-order chi connectivity index (χ1) is 13.4. The van der Waals surface area contributed by atoms with E-state index in [9.17, 15) is 4.79 Å². The van der Waals surface area contributed by atoms with Gasteiger partial charge in [0.2, 0.25) is 0 Å². The maximum atomic E-state index is 12.6. The summed E-state index contributed by atoms with van der Waals surface area (Å²) in [7, 11) is 0. The maximum Gasteiger partial charge on any atom is 0.410 e. The van der Waals surface area contributed by atoms with Crippen LogP contribution in [0.25, 0.3) is 0 Å². The number of ether oxygens (including phenoxy) is 2. The molecule has 5 nitrogen and oxygen atoms in total. The summed E-state index contributed by atoms with van der Waals surface area (Å²) in [5.74, 6) is 0. The monoisotopic (exact) mass is 386 g/mol. The number of hydrogen-bond acceptors (Lipinski definition) is 4. The Bertz CT molecular complexity index is 650. The molecule has 3 heterocycles. The van der Waals surface area contributed by atoms with E-state index in [0.29, 0.717) is 6.10 Å². The van der Waals surface area contributed by atoms with Crippen molar-refractivity contribution in [3.05, 3.63) is 30.3 Å². The van der Waals surface area contributed by atoms with Crippen LogP contribution in [0.5, 0.6) is 0 Å². The van der Waals surface area contributed by atoms with Crippen LogP contribution in [0.2, 0.25) is 0 Å². The first kappa shape index (κ1) is 19.6. The van der Waals surface area contributed by atoms with Crippen LogP contribution < -0.4 is 4.90 Å². The quantitative estimate of drug-likeness (QED) is 0.761. The van der Waals surface area contributed by atoms with Crippen molar-refractivity contribution in [1.29, 1.82) is 0 Å². The second-order valence-corrected chi connectivity index (χ2v) is 9.52. The van der Waals surface area contributed by atoms with Gasteiger partial charge in [0, 0.05) is 30.9 Å². The Balaban J connectivity index is 1.27. The number of carbonyl (C=O) groups excluding carboxylic acids is 1. The van der Waals surface area contributed by atoms with Crippen LogP contribution in [0.1, 0.15) is 59.3 Å². The van der Waals surface area contributed by atoms with Crippen LogP contribution in [0, 0.1) is 0 Å². The number of fused-ring (bicyclic) bond motifs is 2. The van der Waals surface area contributed by atoms with E-state index in [1.807, 2.05) is 25.7 Å². The zero-order valence-corrected chi connectivity index (χ0v) is 17.5. The number of amides is 1. The molecular formula is C23H34N2O3. The molecule has 1 aromatic carbocycles. The minimum Gasteiger partial charge on any atom is -0.444 e. The normalized spacial score (nSPS) is 28.5. The summed E-state index contributed by atoms with van der Waals surface area (Å²) in [5, 5.41) is 0. The molecule has 3 fully saturated rings. The lowest BCUT2D eigenvalue weighted by atomic mass is 9.99. The highest BCUT2D eigenvalue weighted by Gasteiger charge is 2.45. The lowest BCUT2D eigenvalue weighted by Crippen LogP contribution is -2.51. The van der Waals surface area contributed by atoms with E-state index >= 15 is 0 Å². The molecule has 0 aromatic heterocycles. The van der Waals surface area contributed by atoms with Gasteiger partial charge in [-0.25, -0.2) is 4.79 Å². The number of nitrogens with zero attached hydrogens (tertiary/aromatic N) is 2. The van der Waals surface area contributed by atoms with E-state index in [4.69, 9.17) is 9.47 Å². The van der Waals surface area contributed by atoms with Crippen molar-refractivity contribution >= 4 is 11.8 Å². The maximum absolute atomic E-state index is 12.6. The van der Waals surface area contributed by atoms with Crippen molar-refractivity contribution in [3.63, 3.8) is 0 Å². The first-order valence-electron chi connectivity index (χ1n) is 10.9. The van der Waals surface area contributed by atoms with E-state index in [2.05, 4.69) is 35.2 Å². The predicted molar refractivity (Wildman–Crippen MR) is 111 cm³/mol. The lowest BCUT2D eigenvalue weighted by Gasteiger charge is -2.41. The van der Waals surface area contributed by atoms with Gasteiger partial charge in [-0.05, 0) is 71.4 Å². The molecule has 0 radical (unpaired) electrons. The topological polar surface area (TPSA) is 42.0 Å². The Kier molecular flexibility index (Phi) is 5.55. The summed E-state index contributed by atoms with van der Waals surface area (Å²) in [6.45, 7) is 7.91. The van der Waals surface area contributed by atoms with Crippen LogP contribution in [0.4, 0.5) is 10.5 Å². The van der Waals surface area contributed by atoms with Crippen LogP contribution in [0.15, 0.2) is 30.3 Å². The van der Waals surface area contributed by atoms with Gasteiger partial charge in [0.05, 0.1) is 12.2 Å². The van der Waals surface area contributed by atoms with Gasteiger partial charge in [0.25, 0.3) is 0 Å². The molecule has 1 amide bonds. The second-order valence-electron chi connectivity index (χ2n) is 9.52. The van der Waals surface area contributed by atoms with Gasteiger partial charge in [-0.2, -0.15) is 0 Å². The summed E-state index contributed by atoms with van der Waals surface area (Å²) in [5.41, 5.74) is 0.876. The largest absolute Gasteiger partial charge is 0.444 e. The van der Waals surface area contributed by atoms with Crippen molar-refractivity contribution < 1.29 is 14.3 Å². The van der Waals surface area contributed by atoms with Crippen molar-refractivity contribution in [1.82, 2.24) is 4.90 Å². The third kappa shape index (κ3) is 4.45. The Labute approximate surface area is 169 Å². The molecule has 2 bridgehead atoms. The molecule has 1 aromatic rings. The average Bonchev–Trinajstić information content (AvgIpc) is 2.93. The lowest BCUT2D eigenvalue weighted by molar-refractivity contribution is -0.0701. The Morgan fingerprint density at radius 2 is 1.54 bits per heavy atom. The fourth-order valence-electron chi connectivity index (χ4n) is 5.01. The Morgan fingerprint density at radius 3 is 2.11 bits per heavy atom. The highest BCUT2D eigenvalue weighted by atomic mass is 16.6. The molecule has 0 N–H and O–H groups in total. The molecular weight excluding hydrogens is 352 g/mol. The first-order valence-corrected chi connectivity index (χ1v) is 10.9. The van der Waals surface area contributed by atoms with Crippen molar-refractivity contribution in [2.45, 2.75) is 89.2 Å². The summed E-state index contributed by atoms with van der Waals surface area (Å²) in [6.07, 6.45) is 6.71. The molecule has 154 valence electrons. The second kappa shape index (κ2) is 7.94. The van der Waals surface area contributed by atoms with E-state index < -0.39 is 5.60 Å². The van der Waals surface area contributed by atoms with Gasteiger partial charge in [-0.1, -0.05) is 18.2 Å². The number of benzene rings is 1. The SMILES string of the molecule is CC(C)(C)OC(=O)N1[C@@H]2CC[C@H]1CC(OC1CCN(c3ccccc3)CC1)C2. The third-order valence-corrected chi connectivity index (χ3v) is 6.24. The Hall–Kier alpha value is -1.75. The predicted octanol–water partition coefficient (Wildman–Crippen LogP) is 4.60. The molecule has 0 aliphatic carbocycles. The number of hydrogen-bond donors (Lipinski definition) is 0. The van der Waals surface area contributed by atoms with E-state index in [1.54, 1.807) is 0 Å². The molecule has 3 aliphatic heterocycles. The zero-order chi connectivity index (χ0) is 19.7. The molecule has 0 spiro atoms. The number of para-hydroxylation sites is 1. The zero-order valence-electron chi connectivity index (χ0n) is 17.5. The van der Waals surface area contributed by atoms with Crippen LogP contribution in [-0.4, -0.2) is 54.0 Å². The van der Waals surface area contributed by atoms with Crippen molar-refractivity contribution in [2.75, 3.05) is 18.0 Å². The van der Waals surface area contributed by atoms with Gasteiger partial charge in [0.15, 0.2) is 0 Å². The van der Waals surface area contributed by atoms with Gasteiger partial charge in [0.1, 0.15) is 5.60 Å². The Morgan fingerprint density at radius 1 is 0.929 bits per heavy atom. The van der Waals surface area contributed by atoms with Gasteiger partial charge >= 0.3 is 6.09 Å². The van der Waals surface area contributed by atoms with Crippen molar-refractivity contribution in [2.24, 2.45) is 0 Å². The summed E-state index contributed by atoms with van der Waals surface area (Å²) >= 11 is 0. The molecule has 4 rings (SSSR count). The molecule has 3 atom stereocenters. The minimum absolute atomic E-state index is 0.144. The van der Waals surface area contributed by atoms with Gasteiger partial charge < -0.3 is 19.3 Å². The van der Waals surface area contributed by atoms with Gasteiger partial charge in [-0.15, -0.1) is 0 Å². The summed E-state index contributed by atoms with van der Waals surface area (Å²) in [4.78, 5) is 17.1. The molecule has 5 heteroatoms. The summed E-state index contributed by atoms with van der Waals surface area (Å²) < 4.78 is 12.2. The third-order valence-electron chi connectivity index (χ3n) is 6.24. The fraction of sp³-hybridized carbons (Fsp3) is 0.696. The van der Waals surface area contributed by atoms with E-state index in [0.717, 1.165) is 51.6 Å². The fourth-order valence-corrected chi connectivity index (χ4v) is 5.01. The van der Waals surface area contributed by atoms with Crippen LogP contribution >= 0.6 is 0 Å². The van der Waals surface area contributed by atoms with Crippen LogP contribution in [0.3, 0.4) is 0 Å². The average molecular weight is 387 g/mol. The highest BCUT2D eigenvalue weighted by molar-refractivity contribution is 5.69. The van der Waals surface area contributed by atoms with E-state index in [-0.39, 0.29) is 24.3 Å². The molecule has 1 unspecified atom stereocenters. The van der Waals surface area contributed by atoms with Crippen molar-refractivity contribution in [3.8, 4) is 0 Å². The number of piperidine rings is 2. The molecule has 3 aliphatic rings. The minimum atomic E-state index is -0.434. The molecule has 3 saturated heterocycles. The smallest absolute Gasteiger partial charge is 0.410 e. The summed E-state index contributed by atoms with van der Waals surface area (Å²) in [6, 6.07) is 11.2. The van der Waals surface area contributed by atoms with E-state index in [1.165, 1.54) is 5.69 Å². The number of rotatable bonds is 3. The van der Waals surface area contributed by atoms with Crippen LogP contribution in [-0.2, 0) is 9.47 Å². The standard InChI is InChI=1S/C23H34N2O3/c1-23(2,3)28-22(26)25-18-9-10-19(25)16-21(15-18)27-20-11-13-24(14-12-20)17-7-5-4-6-8-17/h4-8,18-21H,9-16H2,1-3H3/t18-,19+,21?. The highest BCUT2D eigenvalue weighted by Crippen LogP contribution is 2.38. The number of carbonyl (C=O) groups is 1. The molecule has 28 heavy (non-hydrogen) atoms. The number of anilines is 1.